The van der Waals surface area contributed by atoms with Crippen LogP contribution in [-0.4, -0.2) is 40.6 Å². The third kappa shape index (κ3) is 4.87. The molecule has 1 heterocycles. The van der Waals surface area contributed by atoms with E-state index in [1.807, 2.05) is 60.7 Å². The molecule has 1 aliphatic heterocycles. The predicted molar refractivity (Wildman–Crippen MR) is 115 cm³/mol. The summed E-state index contributed by atoms with van der Waals surface area (Å²) in [5.41, 5.74) is 3.08. The maximum absolute atomic E-state index is 13.1. The molecule has 0 N–H and O–H groups in total. The molecule has 2 aromatic carbocycles. The van der Waals surface area contributed by atoms with Crippen molar-refractivity contribution in [3.63, 3.8) is 0 Å². The smallest absolute Gasteiger partial charge is 0.267 e. The number of carbonyl (C=O) groups is 1. The van der Waals surface area contributed by atoms with Crippen molar-refractivity contribution >= 4 is 34.6 Å². The van der Waals surface area contributed by atoms with Crippen LogP contribution in [0.5, 0.6) is 0 Å². The lowest BCUT2D eigenvalue weighted by Crippen LogP contribution is -2.40. The molecule has 0 unspecified atom stereocenters. The molecule has 0 bridgehead atoms. The second-order valence-corrected chi connectivity index (χ2v) is 7.44. The van der Waals surface area contributed by atoms with Crippen molar-refractivity contribution in [1.82, 2.24) is 9.80 Å². The number of hydrogen-bond donors (Lipinski definition) is 0. The predicted octanol–water partition coefficient (Wildman–Crippen LogP) is 4.90. The zero-order valence-corrected chi connectivity index (χ0v) is 16.9. The molecule has 1 fully saturated rings. The van der Waals surface area contributed by atoms with Gasteiger partial charge in [0.1, 0.15) is 0 Å². The monoisotopic (exact) mass is 379 g/mol. The third-order valence-corrected chi connectivity index (χ3v) is 5.49. The highest BCUT2D eigenvalue weighted by Crippen LogP contribution is 2.34. The van der Waals surface area contributed by atoms with E-state index in [0.29, 0.717) is 11.6 Å². The number of nitrogens with zero attached hydrogens (tertiary/aromatic N) is 3. The van der Waals surface area contributed by atoms with Crippen LogP contribution in [0.3, 0.4) is 0 Å². The molecule has 0 spiro atoms. The fourth-order valence-corrected chi connectivity index (χ4v) is 3.76. The number of aliphatic imine (C=N–C) groups is 1. The molecule has 1 aliphatic rings. The van der Waals surface area contributed by atoms with Crippen LogP contribution in [0.15, 0.2) is 64.5 Å². The van der Waals surface area contributed by atoms with Gasteiger partial charge in [-0.3, -0.25) is 14.6 Å². The summed E-state index contributed by atoms with van der Waals surface area (Å²) in [6, 6.07) is 18.0. The first kappa shape index (κ1) is 19.4. The number of thioether (sulfide) groups is 1. The molecule has 0 aromatic heterocycles. The first-order chi connectivity index (χ1) is 13.1. The molecular weight excluding hydrogens is 354 g/mol. The Kier molecular flexibility index (Phi) is 6.48. The Bertz CT molecular complexity index is 840. The molecule has 0 saturated carbocycles. The van der Waals surface area contributed by atoms with E-state index in [-0.39, 0.29) is 5.91 Å². The molecule has 1 amide bonds. The molecule has 2 aromatic rings. The number of rotatable bonds is 6. The fraction of sp³-hybridized carbons (Fsp3) is 0.273. The summed E-state index contributed by atoms with van der Waals surface area (Å²) in [6.07, 6.45) is 1.94. The van der Waals surface area contributed by atoms with E-state index < -0.39 is 0 Å². The van der Waals surface area contributed by atoms with Gasteiger partial charge in [0.2, 0.25) is 0 Å². The topological polar surface area (TPSA) is 35.9 Å². The van der Waals surface area contributed by atoms with E-state index in [0.717, 1.165) is 29.5 Å². The Labute approximate surface area is 165 Å². The summed E-state index contributed by atoms with van der Waals surface area (Å²) < 4.78 is 0. The second-order valence-electron chi connectivity index (χ2n) is 6.43. The van der Waals surface area contributed by atoms with Gasteiger partial charge in [0.25, 0.3) is 5.91 Å². The van der Waals surface area contributed by atoms with Gasteiger partial charge in [0, 0.05) is 0 Å². The van der Waals surface area contributed by atoms with Crippen LogP contribution < -0.4 is 0 Å². The largest absolute Gasteiger partial charge is 0.286 e. The van der Waals surface area contributed by atoms with Gasteiger partial charge in [0.05, 0.1) is 17.3 Å². The Morgan fingerprint density at radius 3 is 2.33 bits per heavy atom. The number of amidine groups is 1. The summed E-state index contributed by atoms with van der Waals surface area (Å²) in [7, 11) is 0. The van der Waals surface area contributed by atoms with Crippen molar-refractivity contribution < 1.29 is 4.79 Å². The Morgan fingerprint density at radius 2 is 1.70 bits per heavy atom. The van der Waals surface area contributed by atoms with Crippen molar-refractivity contribution in [3.05, 3.63) is 70.6 Å². The van der Waals surface area contributed by atoms with Gasteiger partial charge in [-0.05, 0) is 55.5 Å². The number of amides is 1. The summed E-state index contributed by atoms with van der Waals surface area (Å²) in [6.45, 7) is 8.60. The Hall–Kier alpha value is -2.37. The van der Waals surface area contributed by atoms with E-state index in [9.17, 15) is 4.79 Å². The summed E-state index contributed by atoms with van der Waals surface area (Å²) >= 11 is 1.44. The Balaban J connectivity index is 1.94. The molecule has 0 aliphatic carbocycles. The zero-order valence-electron chi connectivity index (χ0n) is 16.1. The molecule has 5 heteroatoms. The van der Waals surface area contributed by atoms with Gasteiger partial charge in [-0.2, -0.15) is 0 Å². The molecule has 4 nitrogen and oxygen atoms in total. The molecule has 1 saturated heterocycles. The van der Waals surface area contributed by atoms with Crippen LogP contribution in [0.2, 0.25) is 0 Å². The number of carbonyl (C=O) groups excluding carboxylic acids is 1. The van der Waals surface area contributed by atoms with Crippen LogP contribution in [0, 0.1) is 6.92 Å². The molecule has 0 radical (unpaired) electrons. The molecule has 27 heavy (non-hydrogen) atoms. The number of benzene rings is 2. The summed E-state index contributed by atoms with van der Waals surface area (Å²) in [5.74, 6) is 0.0154. The number of hydrogen-bond acceptors (Lipinski definition) is 4. The molecule has 140 valence electrons. The molecule has 3 rings (SSSR count). The van der Waals surface area contributed by atoms with Gasteiger partial charge in [-0.15, -0.1) is 0 Å². The zero-order chi connectivity index (χ0) is 19.2. The molecular formula is C22H25N3OS. The number of aryl methyl sites for hydroxylation is 1. The van der Waals surface area contributed by atoms with Crippen molar-refractivity contribution in [2.45, 2.75) is 20.8 Å². The van der Waals surface area contributed by atoms with Gasteiger partial charge >= 0.3 is 0 Å². The highest BCUT2D eigenvalue weighted by Gasteiger charge is 2.34. The lowest BCUT2D eigenvalue weighted by atomic mass is 10.2. The van der Waals surface area contributed by atoms with Crippen molar-refractivity contribution in [2.24, 2.45) is 4.99 Å². The first-order valence-corrected chi connectivity index (χ1v) is 10.1. The molecule has 0 atom stereocenters. The normalized spacial score (nSPS) is 17.5. The minimum Gasteiger partial charge on any atom is -0.286 e. The minimum absolute atomic E-state index is 0.0154. The van der Waals surface area contributed by atoms with Gasteiger partial charge < -0.3 is 0 Å². The maximum Gasteiger partial charge on any atom is 0.267 e. The summed E-state index contributed by atoms with van der Waals surface area (Å²) in [4.78, 5) is 22.5. The fourth-order valence-electron chi connectivity index (χ4n) is 2.77. The maximum atomic E-state index is 13.1. The van der Waals surface area contributed by atoms with Crippen LogP contribution in [0.4, 0.5) is 5.69 Å². The lowest BCUT2D eigenvalue weighted by Gasteiger charge is -2.24. The van der Waals surface area contributed by atoms with E-state index in [1.165, 1.54) is 17.3 Å². The summed E-state index contributed by atoms with van der Waals surface area (Å²) in [5, 5.41) is 0.734. The van der Waals surface area contributed by atoms with E-state index in [4.69, 9.17) is 4.99 Å². The van der Waals surface area contributed by atoms with Crippen LogP contribution >= 0.6 is 11.8 Å². The van der Waals surface area contributed by atoms with Crippen LogP contribution in [0.1, 0.15) is 25.0 Å². The van der Waals surface area contributed by atoms with Crippen molar-refractivity contribution in [3.8, 4) is 0 Å². The van der Waals surface area contributed by atoms with E-state index in [2.05, 4.69) is 25.7 Å². The highest BCUT2D eigenvalue weighted by atomic mass is 32.2. The average molecular weight is 380 g/mol. The highest BCUT2D eigenvalue weighted by molar-refractivity contribution is 8.18. The van der Waals surface area contributed by atoms with E-state index in [1.54, 1.807) is 4.90 Å². The quantitative estimate of drug-likeness (QED) is 0.670. The van der Waals surface area contributed by atoms with Gasteiger partial charge in [0.15, 0.2) is 5.17 Å². The van der Waals surface area contributed by atoms with Gasteiger partial charge in [-0.1, -0.05) is 61.9 Å². The lowest BCUT2D eigenvalue weighted by molar-refractivity contribution is -0.123. The SMILES string of the molecule is CCN(CC)CN1C(=O)/C(=C/c2ccccc2)SC1=Nc1ccc(C)cc1. The van der Waals surface area contributed by atoms with Crippen molar-refractivity contribution in [2.75, 3.05) is 19.8 Å². The van der Waals surface area contributed by atoms with Crippen molar-refractivity contribution in [1.29, 1.82) is 0 Å². The minimum atomic E-state index is 0.0154. The second kappa shape index (κ2) is 9.02. The third-order valence-electron chi connectivity index (χ3n) is 4.48. The van der Waals surface area contributed by atoms with E-state index >= 15 is 0 Å². The Morgan fingerprint density at radius 1 is 1.04 bits per heavy atom. The van der Waals surface area contributed by atoms with Crippen LogP contribution in [-0.2, 0) is 4.79 Å². The van der Waals surface area contributed by atoms with Crippen LogP contribution in [0.25, 0.3) is 6.08 Å². The standard InChI is InChI=1S/C22H25N3OS/c1-4-24(5-2)16-25-21(26)20(15-18-9-7-6-8-10-18)27-22(25)23-19-13-11-17(3)12-14-19/h6-15H,4-5,16H2,1-3H3/b20-15-,23-22?. The average Bonchev–Trinajstić information content (AvgIpc) is 2.97. The van der Waals surface area contributed by atoms with Gasteiger partial charge in [-0.25, -0.2) is 4.99 Å². The first-order valence-electron chi connectivity index (χ1n) is 9.25.